The fourth-order valence-corrected chi connectivity index (χ4v) is 5.02. The summed E-state index contributed by atoms with van der Waals surface area (Å²) in [6.45, 7) is 24.6. The van der Waals surface area contributed by atoms with Crippen molar-refractivity contribution in [2.24, 2.45) is 0 Å². The molecule has 0 fully saturated rings. The number of thiazole rings is 3. The lowest BCUT2D eigenvalue weighted by Gasteiger charge is -2.13. The van der Waals surface area contributed by atoms with Crippen molar-refractivity contribution in [3.63, 3.8) is 0 Å². The molecule has 0 saturated heterocycles. The lowest BCUT2D eigenvalue weighted by molar-refractivity contribution is -0.380. The standard InChI is InChI=1S/C8H12N2O2S.C8H14N2S.C8H13NS.CH4O/c1-5-6(10(11)12)13-7(9-5)8(2,3)4;1-5-6(9)11-7(10-5)8(2,3)4;1-6-5-10-7(9-6)8(2,3)4;1-2/h1-4H3;9H2,1-4H3;5H,1-4H3;2H,1H3. The van der Waals surface area contributed by atoms with Crippen molar-refractivity contribution < 1.29 is 10.0 Å². The van der Waals surface area contributed by atoms with Gasteiger partial charge in [-0.25, -0.2) is 15.0 Å². The van der Waals surface area contributed by atoms with Crippen molar-refractivity contribution in [1.82, 2.24) is 15.0 Å². The van der Waals surface area contributed by atoms with Gasteiger partial charge in [0.1, 0.15) is 20.7 Å². The van der Waals surface area contributed by atoms with Gasteiger partial charge >= 0.3 is 5.00 Å². The first-order chi connectivity index (χ1) is 16.2. The molecule has 8 nitrogen and oxygen atoms in total. The minimum atomic E-state index is -0.373. The lowest BCUT2D eigenvalue weighted by Crippen LogP contribution is -2.10. The highest BCUT2D eigenvalue weighted by molar-refractivity contribution is 7.16. The summed E-state index contributed by atoms with van der Waals surface area (Å²) in [4.78, 5) is 23.1. The molecule has 0 saturated carbocycles. The van der Waals surface area contributed by atoms with E-state index in [1.165, 1.54) is 5.01 Å². The highest BCUT2D eigenvalue weighted by Crippen LogP contribution is 2.33. The van der Waals surface area contributed by atoms with Crippen LogP contribution < -0.4 is 5.73 Å². The van der Waals surface area contributed by atoms with Gasteiger partial charge in [0.2, 0.25) is 0 Å². The number of hydrogen-bond acceptors (Lipinski definition) is 10. The average Bonchev–Trinajstić information content (AvgIpc) is 3.42. The molecular weight excluding hydrogens is 515 g/mol. The van der Waals surface area contributed by atoms with Gasteiger partial charge in [0.15, 0.2) is 0 Å². The van der Waals surface area contributed by atoms with E-state index < -0.39 is 0 Å². The number of anilines is 1. The SMILES string of the molecule is CO.Cc1csc(C(C)(C)C)n1.Cc1nc(C(C)(C)C)sc1N.Cc1nc(C(C)(C)C)sc1[N+](=O)[O-]. The molecule has 3 aromatic rings. The summed E-state index contributed by atoms with van der Waals surface area (Å²) >= 11 is 4.50. The van der Waals surface area contributed by atoms with Gasteiger partial charge in [-0.3, -0.25) is 10.1 Å². The van der Waals surface area contributed by atoms with Crippen molar-refractivity contribution in [2.75, 3.05) is 12.8 Å². The molecule has 0 radical (unpaired) electrons. The first-order valence-corrected chi connectivity index (χ1v) is 14.0. The van der Waals surface area contributed by atoms with E-state index in [0.29, 0.717) is 5.69 Å². The second-order valence-electron chi connectivity index (χ2n) is 11.2. The maximum absolute atomic E-state index is 10.5. The van der Waals surface area contributed by atoms with Crippen LogP contribution in [0.5, 0.6) is 0 Å². The molecule has 0 bridgehead atoms. The monoisotopic (exact) mass is 557 g/mol. The Bertz CT molecular complexity index is 1080. The van der Waals surface area contributed by atoms with Crippen LogP contribution in [0.3, 0.4) is 0 Å². The number of aromatic nitrogens is 3. The van der Waals surface area contributed by atoms with Crippen molar-refractivity contribution in [3.8, 4) is 0 Å². The number of aliphatic hydroxyl groups excluding tert-OH is 1. The van der Waals surface area contributed by atoms with E-state index in [1.54, 1.807) is 29.6 Å². The zero-order valence-corrected chi connectivity index (χ0v) is 26.4. The first-order valence-electron chi connectivity index (χ1n) is 11.5. The van der Waals surface area contributed by atoms with E-state index >= 15 is 0 Å². The number of rotatable bonds is 1. The number of aryl methyl sites for hydroxylation is 3. The Morgan fingerprint density at radius 2 is 1.19 bits per heavy atom. The van der Waals surface area contributed by atoms with Crippen LogP contribution in [-0.2, 0) is 16.2 Å². The molecule has 0 unspecified atom stereocenters. The smallest absolute Gasteiger partial charge is 0.346 e. The van der Waals surface area contributed by atoms with Gasteiger partial charge in [0.25, 0.3) is 0 Å². The molecule has 0 amide bonds. The number of nitrogen functional groups attached to an aromatic ring is 1. The largest absolute Gasteiger partial charge is 0.400 e. The summed E-state index contributed by atoms with van der Waals surface area (Å²) in [5, 5.41) is 23.8. The summed E-state index contributed by atoms with van der Waals surface area (Å²) in [6.07, 6.45) is 0. The minimum Gasteiger partial charge on any atom is -0.400 e. The molecule has 11 heteroatoms. The van der Waals surface area contributed by atoms with Gasteiger partial charge in [-0.2, -0.15) is 0 Å². The van der Waals surface area contributed by atoms with Crippen LogP contribution in [0, 0.1) is 30.9 Å². The fraction of sp³-hybridized carbons (Fsp3) is 0.640. The molecule has 0 spiro atoms. The van der Waals surface area contributed by atoms with Gasteiger partial charge in [0.05, 0.1) is 15.6 Å². The highest BCUT2D eigenvalue weighted by Gasteiger charge is 2.25. The molecule has 3 heterocycles. The minimum absolute atomic E-state index is 0.107. The Morgan fingerprint density at radius 1 is 0.778 bits per heavy atom. The average molecular weight is 558 g/mol. The molecule has 3 aromatic heterocycles. The van der Waals surface area contributed by atoms with E-state index in [0.717, 1.165) is 44.9 Å². The van der Waals surface area contributed by atoms with Crippen LogP contribution in [0.25, 0.3) is 0 Å². The first kappa shape index (κ1) is 34.0. The van der Waals surface area contributed by atoms with Crippen LogP contribution in [0.2, 0.25) is 0 Å². The molecule has 0 aliphatic rings. The van der Waals surface area contributed by atoms with Crippen LogP contribution >= 0.6 is 34.0 Å². The van der Waals surface area contributed by atoms with Crippen LogP contribution in [0.15, 0.2) is 5.38 Å². The van der Waals surface area contributed by atoms with Crippen molar-refractivity contribution >= 4 is 44.0 Å². The molecule has 204 valence electrons. The Morgan fingerprint density at radius 3 is 1.39 bits per heavy atom. The van der Waals surface area contributed by atoms with E-state index in [1.807, 2.05) is 34.6 Å². The van der Waals surface area contributed by atoms with Crippen LogP contribution in [-0.4, -0.2) is 32.1 Å². The molecule has 3 rings (SSSR count). The van der Waals surface area contributed by atoms with Gasteiger partial charge < -0.3 is 10.8 Å². The number of aliphatic hydroxyl groups is 1. The Hall–Kier alpha value is -1.95. The molecule has 0 aliphatic heterocycles. The van der Waals surface area contributed by atoms with Crippen molar-refractivity contribution in [3.05, 3.63) is 47.6 Å². The molecule has 0 aromatic carbocycles. The maximum atomic E-state index is 10.5. The van der Waals surface area contributed by atoms with E-state index in [2.05, 4.69) is 61.9 Å². The number of nitro groups is 1. The van der Waals surface area contributed by atoms with Crippen molar-refractivity contribution in [1.29, 1.82) is 0 Å². The topological polar surface area (TPSA) is 128 Å². The summed E-state index contributed by atoms with van der Waals surface area (Å²) in [5.74, 6) is 0. The third-order valence-electron chi connectivity index (χ3n) is 4.31. The molecule has 3 N–H and O–H groups in total. The summed E-state index contributed by atoms with van der Waals surface area (Å²) in [5.41, 5.74) is 8.55. The maximum Gasteiger partial charge on any atom is 0.346 e. The van der Waals surface area contributed by atoms with E-state index in [4.69, 9.17) is 10.8 Å². The normalized spacial score (nSPS) is 11.4. The van der Waals surface area contributed by atoms with Gasteiger partial charge in [-0.1, -0.05) is 62.3 Å². The molecule has 36 heavy (non-hydrogen) atoms. The van der Waals surface area contributed by atoms with E-state index in [9.17, 15) is 10.1 Å². The quantitative estimate of drug-likeness (QED) is 0.236. The summed E-state index contributed by atoms with van der Waals surface area (Å²) in [6, 6.07) is 0. The van der Waals surface area contributed by atoms with Gasteiger partial charge in [-0.05, 0) is 32.1 Å². The zero-order valence-electron chi connectivity index (χ0n) is 23.9. The number of nitrogens with zero attached hydrogens (tertiary/aromatic N) is 4. The Kier molecular flexibility index (Phi) is 12.8. The Labute approximate surface area is 228 Å². The van der Waals surface area contributed by atoms with Gasteiger partial charge in [-0.15, -0.1) is 22.7 Å². The number of nitrogens with two attached hydrogens (primary N) is 1. The second kappa shape index (κ2) is 13.6. The molecule has 0 atom stereocenters. The zero-order chi connectivity index (χ0) is 28.6. The second-order valence-corrected chi connectivity index (χ2v) is 14.0. The van der Waals surface area contributed by atoms with Crippen LogP contribution in [0.1, 0.15) is 94.4 Å². The molecular formula is C25H43N5O3S3. The third kappa shape index (κ3) is 11.0. The fourth-order valence-electron chi connectivity index (χ4n) is 2.31. The number of hydrogen-bond donors (Lipinski definition) is 2. The third-order valence-corrected chi connectivity index (χ3v) is 8.65. The van der Waals surface area contributed by atoms with Crippen molar-refractivity contribution in [2.45, 2.75) is 99.3 Å². The van der Waals surface area contributed by atoms with Crippen LogP contribution in [0.4, 0.5) is 10.0 Å². The lowest BCUT2D eigenvalue weighted by atomic mass is 9.98. The highest BCUT2D eigenvalue weighted by atomic mass is 32.1. The summed E-state index contributed by atoms with van der Waals surface area (Å²) in [7, 11) is 1.00. The Balaban J connectivity index is 0.000000497. The van der Waals surface area contributed by atoms with E-state index in [-0.39, 0.29) is 26.2 Å². The molecule has 0 aliphatic carbocycles. The predicted octanol–water partition coefficient (Wildman–Crippen LogP) is 7.35. The van der Waals surface area contributed by atoms with Gasteiger partial charge in [0, 0.05) is 34.4 Å². The predicted molar refractivity (Wildman–Crippen MR) is 156 cm³/mol. The summed E-state index contributed by atoms with van der Waals surface area (Å²) < 4.78 is 0.